The van der Waals surface area contributed by atoms with E-state index in [0.29, 0.717) is 18.2 Å². The van der Waals surface area contributed by atoms with E-state index in [4.69, 9.17) is 16.3 Å². The first-order chi connectivity index (χ1) is 15.7. The van der Waals surface area contributed by atoms with Crippen molar-refractivity contribution in [3.8, 4) is 0 Å². The molecule has 1 aromatic heterocycles. The maximum Gasteiger partial charge on any atom is 0.0900 e. The molecule has 1 atom stereocenters. The molecule has 2 aromatic carbocycles. The van der Waals surface area contributed by atoms with Crippen molar-refractivity contribution in [3.63, 3.8) is 0 Å². The fraction of sp³-hybridized carbons (Fsp3) is 0.346. The van der Waals surface area contributed by atoms with Crippen molar-refractivity contribution in [2.75, 3.05) is 39.3 Å². The molecule has 0 saturated carbocycles. The largest absolute Gasteiger partial charge is 0.389 e. The summed E-state index contributed by atoms with van der Waals surface area (Å²) in [6.45, 7) is 5.02. The standard InChI is InChI=1S/C26H30ClN3O2/c27-25-17-28-12-11-23(25)19-32-20-24(31)18-29-13-15-30(16-14-29)26(21-7-3-1-4-8-21)22-9-5-2-6-10-22/h1-12,17,24,26,31H,13-16,18-20H2. The van der Waals surface area contributed by atoms with Crippen LogP contribution in [0.4, 0.5) is 0 Å². The molecule has 0 bridgehead atoms. The van der Waals surface area contributed by atoms with Crippen molar-refractivity contribution in [2.24, 2.45) is 0 Å². The van der Waals surface area contributed by atoms with E-state index >= 15 is 0 Å². The molecule has 32 heavy (non-hydrogen) atoms. The van der Waals surface area contributed by atoms with Crippen LogP contribution in [0.5, 0.6) is 0 Å². The number of hydrogen-bond donors (Lipinski definition) is 1. The fourth-order valence-electron chi connectivity index (χ4n) is 4.27. The maximum atomic E-state index is 10.5. The molecular formula is C26H30ClN3O2. The first-order valence-corrected chi connectivity index (χ1v) is 11.5. The third kappa shape index (κ3) is 6.15. The zero-order valence-corrected chi connectivity index (χ0v) is 18.9. The molecule has 0 amide bonds. The number of aliphatic hydroxyl groups excluding tert-OH is 1. The lowest BCUT2D eigenvalue weighted by Gasteiger charge is -2.40. The molecule has 6 heteroatoms. The number of aliphatic hydroxyl groups is 1. The third-order valence-corrected chi connectivity index (χ3v) is 6.24. The van der Waals surface area contributed by atoms with Crippen molar-refractivity contribution in [3.05, 3.63) is 101 Å². The minimum atomic E-state index is -0.527. The minimum Gasteiger partial charge on any atom is -0.389 e. The molecule has 168 valence electrons. The van der Waals surface area contributed by atoms with E-state index in [1.54, 1.807) is 12.4 Å². The van der Waals surface area contributed by atoms with Crippen LogP contribution in [0.15, 0.2) is 79.1 Å². The molecule has 1 N–H and O–H groups in total. The highest BCUT2D eigenvalue weighted by Crippen LogP contribution is 2.29. The lowest BCUT2D eigenvalue weighted by Crippen LogP contribution is -2.50. The summed E-state index contributed by atoms with van der Waals surface area (Å²) in [6, 6.07) is 23.5. The Morgan fingerprint density at radius 2 is 1.53 bits per heavy atom. The Morgan fingerprint density at radius 1 is 0.906 bits per heavy atom. The Balaban J connectivity index is 1.28. The smallest absolute Gasteiger partial charge is 0.0900 e. The van der Waals surface area contributed by atoms with Crippen LogP contribution in [0, 0.1) is 0 Å². The average Bonchev–Trinajstić information content (AvgIpc) is 2.83. The molecule has 0 radical (unpaired) electrons. The molecule has 1 fully saturated rings. The van der Waals surface area contributed by atoms with Gasteiger partial charge in [0.25, 0.3) is 0 Å². The van der Waals surface area contributed by atoms with Crippen LogP contribution in [0.25, 0.3) is 0 Å². The number of ether oxygens (including phenoxy) is 1. The van der Waals surface area contributed by atoms with Crippen molar-refractivity contribution < 1.29 is 9.84 Å². The highest BCUT2D eigenvalue weighted by Gasteiger charge is 2.27. The topological polar surface area (TPSA) is 48.8 Å². The highest BCUT2D eigenvalue weighted by atomic mass is 35.5. The van der Waals surface area contributed by atoms with Crippen LogP contribution in [-0.4, -0.2) is 65.3 Å². The number of β-amino-alcohol motifs (C(OH)–C–C–N with tert-alkyl or cyclic N) is 1. The van der Waals surface area contributed by atoms with Crippen LogP contribution < -0.4 is 0 Å². The van der Waals surface area contributed by atoms with E-state index in [1.807, 2.05) is 6.07 Å². The van der Waals surface area contributed by atoms with Gasteiger partial charge in [0.05, 0.1) is 30.4 Å². The summed E-state index contributed by atoms with van der Waals surface area (Å²) >= 11 is 6.10. The summed E-state index contributed by atoms with van der Waals surface area (Å²) in [6.07, 6.45) is 2.77. The van der Waals surface area contributed by atoms with Gasteiger partial charge < -0.3 is 9.84 Å². The van der Waals surface area contributed by atoms with Crippen molar-refractivity contribution in [1.82, 2.24) is 14.8 Å². The molecule has 1 aliphatic rings. The van der Waals surface area contributed by atoms with Gasteiger partial charge in [-0.15, -0.1) is 0 Å². The molecule has 5 nitrogen and oxygen atoms in total. The van der Waals surface area contributed by atoms with E-state index in [9.17, 15) is 5.11 Å². The molecular weight excluding hydrogens is 422 g/mol. The van der Waals surface area contributed by atoms with E-state index in [0.717, 1.165) is 31.7 Å². The van der Waals surface area contributed by atoms with Crippen LogP contribution in [0.3, 0.4) is 0 Å². The zero-order chi connectivity index (χ0) is 22.2. The second-order valence-corrected chi connectivity index (χ2v) is 8.60. The van der Waals surface area contributed by atoms with Gasteiger partial charge in [0.15, 0.2) is 0 Å². The van der Waals surface area contributed by atoms with E-state index in [1.165, 1.54) is 11.1 Å². The number of aromatic nitrogens is 1. The molecule has 1 aliphatic heterocycles. The monoisotopic (exact) mass is 451 g/mol. The van der Waals surface area contributed by atoms with Crippen LogP contribution >= 0.6 is 11.6 Å². The number of pyridine rings is 1. The van der Waals surface area contributed by atoms with Gasteiger partial charge in [0, 0.05) is 45.1 Å². The number of rotatable bonds is 9. The lowest BCUT2D eigenvalue weighted by molar-refractivity contribution is -0.000704. The predicted molar refractivity (Wildman–Crippen MR) is 128 cm³/mol. The molecule has 3 aromatic rings. The summed E-state index contributed by atoms with van der Waals surface area (Å²) in [4.78, 5) is 8.83. The molecule has 2 heterocycles. The predicted octanol–water partition coefficient (Wildman–Crippen LogP) is 4.02. The minimum absolute atomic E-state index is 0.248. The van der Waals surface area contributed by atoms with E-state index in [-0.39, 0.29) is 12.6 Å². The van der Waals surface area contributed by atoms with Crippen LogP contribution in [0.1, 0.15) is 22.7 Å². The Labute approximate surface area is 195 Å². The first kappa shape index (κ1) is 22.9. The Kier molecular flexibility index (Phi) is 8.26. The van der Waals surface area contributed by atoms with Crippen molar-refractivity contribution in [1.29, 1.82) is 0 Å². The van der Waals surface area contributed by atoms with E-state index in [2.05, 4.69) is 75.4 Å². The summed E-state index contributed by atoms with van der Waals surface area (Å²) in [5.74, 6) is 0. The second-order valence-electron chi connectivity index (χ2n) is 8.20. The summed E-state index contributed by atoms with van der Waals surface area (Å²) < 4.78 is 5.68. The number of nitrogens with zero attached hydrogens (tertiary/aromatic N) is 3. The molecule has 1 unspecified atom stereocenters. The number of hydrogen-bond acceptors (Lipinski definition) is 5. The average molecular weight is 452 g/mol. The third-order valence-electron chi connectivity index (χ3n) is 5.90. The van der Waals surface area contributed by atoms with Gasteiger partial charge in [0.1, 0.15) is 0 Å². The van der Waals surface area contributed by atoms with Gasteiger partial charge in [-0.2, -0.15) is 0 Å². The number of benzene rings is 2. The Hall–Kier alpha value is -2.28. The summed E-state index contributed by atoms with van der Waals surface area (Å²) in [5.41, 5.74) is 3.51. The lowest BCUT2D eigenvalue weighted by atomic mass is 9.96. The van der Waals surface area contributed by atoms with Crippen molar-refractivity contribution in [2.45, 2.75) is 18.8 Å². The fourth-order valence-corrected chi connectivity index (χ4v) is 4.44. The molecule has 4 rings (SSSR count). The molecule has 1 saturated heterocycles. The first-order valence-electron chi connectivity index (χ1n) is 11.1. The Bertz CT molecular complexity index is 910. The maximum absolute atomic E-state index is 10.5. The highest BCUT2D eigenvalue weighted by molar-refractivity contribution is 6.31. The second kappa shape index (κ2) is 11.5. The molecule has 0 spiro atoms. The normalized spacial score (nSPS) is 16.3. The zero-order valence-electron chi connectivity index (χ0n) is 18.2. The quantitative estimate of drug-likeness (QED) is 0.532. The van der Waals surface area contributed by atoms with Crippen molar-refractivity contribution >= 4 is 11.6 Å². The van der Waals surface area contributed by atoms with E-state index < -0.39 is 6.10 Å². The molecule has 0 aliphatic carbocycles. The van der Waals surface area contributed by atoms with Crippen LogP contribution in [-0.2, 0) is 11.3 Å². The van der Waals surface area contributed by atoms with Gasteiger partial charge in [-0.25, -0.2) is 0 Å². The van der Waals surface area contributed by atoms with Gasteiger partial charge in [-0.3, -0.25) is 14.8 Å². The van der Waals surface area contributed by atoms with Gasteiger partial charge in [0.2, 0.25) is 0 Å². The SMILES string of the molecule is OC(COCc1ccncc1Cl)CN1CCN(C(c2ccccc2)c2ccccc2)CC1. The Morgan fingerprint density at radius 3 is 2.12 bits per heavy atom. The summed E-state index contributed by atoms with van der Waals surface area (Å²) in [5, 5.41) is 11.0. The van der Waals surface area contributed by atoms with Gasteiger partial charge >= 0.3 is 0 Å². The van der Waals surface area contributed by atoms with Crippen LogP contribution in [0.2, 0.25) is 5.02 Å². The number of halogens is 1. The van der Waals surface area contributed by atoms with Gasteiger partial charge in [-0.1, -0.05) is 72.3 Å². The number of piperazine rings is 1. The summed E-state index contributed by atoms with van der Waals surface area (Å²) in [7, 11) is 0. The van der Waals surface area contributed by atoms with Gasteiger partial charge in [-0.05, 0) is 22.8 Å².